The molecule has 0 amide bonds. The second-order valence-electron chi connectivity index (χ2n) is 7.55. The van der Waals surface area contributed by atoms with Gasteiger partial charge in [0.2, 0.25) is 0 Å². The zero-order valence-corrected chi connectivity index (χ0v) is 17.3. The lowest BCUT2D eigenvalue weighted by Gasteiger charge is -2.34. The molecule has 1 fully saturated rings. The van der Waals surface area contributed by atoms with Crippen molar-refractivity contribution >= 4 is 22.1 Å². The molecular formula is C23H24N4OS. The number of fused-ring (bicyclic) bond motifs is 1. The van der Waals surface area contributed by atoms with Crippen LogP contribution in [-0.2, 0) is 6.54 Å². The number of nitrogens with one attached hydrogen (secondary N) is 1. The third kappa shape index (κ3) is 3.66. The van der Waals surface area contributed by atoms with Crippen molar-refractivity contribution in [2.45, 2.75) is 31.8 Å². The minimum absolute atomic E-state index is 0.413. The molecule has 29 heavy (non-hydrogen) atoms. The van der Waals surface area contributed by atoms with Crippen LogP contribution in [0.3, 0.4) is 0 Å². The van der Waals surface area contributed by atoms with E-state index in [1.54, 1.807) is 18.4 Å². The summed E-state index contributed by atoms with van der Waals surface area (Å²) in [6.45, 7) is 1.99. The first-order valence-electron chi connectivity index (χ1n) is 10.1. The van der Waals surface area contributed by atoms with E-state index in [1.165, 1.54) is 40.6 Å². The SMILES string of the molecule is COc1ccc2cc(-c3[nH]ncc3CN3CCCC[C@H]3c3nccs3)ccc2c1. The summed E-state index contributed by atoms with van der Waals surface area (Å²) in [5.41, 5.74) is 3.51. The van der Waals surface area contributed by atoms with Crippen molar-refractivity contribution in [1.29, 1.82) is 0 Å². The number of hydrogen-bond donors (Lipinski definition) is 1. The molecule has 148 valence electrons. The second kappa shape index (κ2) is 7.97. The maximum atomic E-state index is 5.34. The number of hydrogen-bond acceptors (Lipinski definition) is 5. The molecule has 6 heteroatoms. The predicted octanol–water partition coefficient (Wildman–Crippen LogP) is 5.42. The monoisotopic (exact) mass is 404 g/mol. The summed E-state index contributed by atoms with van der Waals surface area (Å²) in [6.07, 6.45) is 7.58. The van der Waals surface area contributed by atoms with Crippen LogP contribution in [0.15, 0.2) is 54.2 Å². The molecule has 0 radical (unpaired) electrons. The van der Waals surface area contributed by atoms with Gasteiger partial charge in [-0.1, -0.05) is 24.6 Å². The summed E-state index contributed by atoms with van der Waals surface area (Å²) in [5.74, 6) is 0.880. The van der Waals surface area contributed by atoms with E-state index in [0.29, 0.717) is 6.04 Å². The highest BCUT2D eigenvalue weighted by atomic mass is 32.1. The predicted molar refractivity (Wildman–Crippen MR) is 117 cm³/mol. The molecule has 1 atom stereocenters. The fourth-order valence-electron chi connectivity index (χ4n) is 4.26. The van der Waals surface area contributed by atoms with E-state index in [0.717, 1.165) is 30.1 Å². The van der Waals surface area contributed by atoms with Gasteiger partial charge in [0.1, 0.15) is 10.8 Å². The normalized spacial score (nSPS) is 17.6. The highest BCUT2D eigenvalue weighted by Crippen LogP contribution is 2.35. The molecule has 0 aliphatic carbocycles. The van der Waals surface area contributed by atoms with Gasteiger partial charge in [-0.25, -0.2) is 4.98 Å². The molecule has 3 heterocycles. The molecule has 1 saturated heterocycles. The second-order valence-corrected chi connectivity index (χ2v) is 8.48. The molecule has 1 aliphatic rings. The third-order valence-electron chi connectivity index (χ3n) is 5.78. The van der Waals surface area contributed by atoms with Crippen molar-refractivity contribution in [2.24, 2.45) is 0 Å². The van der Waals surface area contributed by atoms with E-state index in [1.807, 2.05) is 18.5 Å². The Kier molecular flexibility index (Phi) is 5.04. The lowest BCUT2D eigenvalue weighted by atomic mass is 9.99. The molecule has 1 aliphatic heterocycles. The standard InChI is InChI=1S/C23H24N4OS/c1-28-20-8-7-16-12-18(6-5-17(16)13-20)22-19(14-25-26-22)15-27-10-3-2-4-21(27)23-24-9-11-29-23/h5-9,11-14,21H,2-4,10,15H2,1H3,(H,25,26)/t21-/m0/s1. The number of aromatic nitrogens is 3. The molecule has 2 aromatic heterocycles. The van der Waals surface area contributed by atoms with E-state index in [9.17, 15) is 0 Å². The van der Waals surface area contributed by atoms with Crippen LogP contribution in [0.2, 0.25) is 0 Å². The summed E-state index contributed by atoms with van der Waals surface area (Å²) in [4.78, 5) is 7.15. The van der Waals surface area contributed by atoms with Crippen LogP contribution in [0.25, 0.3) is 22.0 Å². The Morgan fingerprint density at radius 1 is 1.17 bits per heavy atom. The van der Waals surface area contributed by atoms with E-state index in [-0.39, 0.29) is 0 Å². The highest BCUT2D eigenvalue weighted by molar-refractivity contribution is 7.09. The van der Waals surface area contributed by atoms with Crippen LogP contribution in [0, 0.1) is 0 Å². The Morgan fingerprint density at radius 2 is 2.07 bits per heavy atom. The molecule has 4 aromatic rings. The number of thiazole rings is 1. The fraction of sp³-hybridized carbons (Fsp3) is 0.304. The molecule has 2 aromatic carbocycles. The number of nitrogens with zero attached hydrogens (tertiary/aromatic N) is 3. The lowest BCUT2D eigenvalue weighted by Crippen LogP contribution is -2.32. The topological polar surface area (TPSA) is 54.0 Å². The van der Waals surface area contributed by atoms with Crippen molar-refractivity contribution in [3.05, 3.63) is 64.7 Å². The van der Waals surface area contributed by atoms with Crippen molar-refractivity contribution in [3.63, 3.8) is 0 Å². The van der Waals surface area contributed by atoms with Gasteiger partial charge < -0.3 is 4.74 Å². The first kappa shape index (κ1) is 18.3. The number of benzene rings is 2. The quantitative estimate of drug-likeness (QED) is 0.482. The first-order valence-corrected chi connectivity index (χ1v) is 10.9. The minimum atomic E-state index is 0.413. The van der Waals surface area contributed by atoms with Gasteiger partial charge in [-0.05, 0) is 48.4 Å². The summed E-state index contributed by atoms with van der Waals surface area (Å²) in [7, 11) is 1.70. The summed E-state index contributed by atoms with van der Waals surface area (Å²) in [6, 6.07) is 13.1. The van der Waals surface area contributed by atoms with Crippen LogP contribution in [0.1, 0.15) is 35.9 Å². The van der Waals surface area contributed by atoms with Crippen molar-refractivity contribution in [1.82, 2.24) is 20.1 Å². The van der Waals surface area contributed by atoms with E-state index < -0.39 is 0 Å². The Bertz CT molecular complexity index is 1110. The molecule has 5 nitrogen and oxygen atoms in total. The average Bonchev–Trinajstić information content (AvgIpc) is 3.46. The van der Waals surface area contributed by atoms with Crippen LogP contribution in [0.4, 0.5) is 0 Å². The number of likely N-dealkylation sites (tertiary alicyclic amines) is 1. The van der Waals surface area contributed by atoms with Gasteiger partial charge in [0.25, 0.3) is 0 Å². The van der Waals surface area contributed by atoms with Gasteiger partial charge in [0.15, 0.2) is 0 Å². The van der Waals surface area contributed by atoms with Gasteiger partial charge in [-0.15, -0.1) is 11.3 Å². The molecule has 0 bridgehead atoms. The summed E-state index contributed by atoms with van der Waals surface area (Å²) >= 11 is 1.76. The van der Waals surface area contributed by atoms with E-state index in [2.05, 4.69) is 55.8 Å². The number of methoxy groups -OCH3 is 1. The maximum Gasteiger partial charge on any atom is 0.119 e. The van der Waals surface area contributed by atoms with Crippen molar-refractivity contribution in [3.8, 4) is 17.0 Å². The van der Waals surface area contributed by atoms with Gasteiger partial charge in [-0.3, -0.25) is 10.00 Å². The Hall–Kier alpha value is -2.70. The molecule has 0 saturated carbocycles. The molecule has 1 N–H and O–H groups in total. The molecular weight excluding hydrogens is 380 g/mol. The number of H-pyrrole nitrogens is 1. The number of ether oxygens (including phenoxy) is 1. The minimum Gasteiger partial charge on any atom is -0.497 e. The number of piperidine rings is 1. The summed E-state index contributed by atoms with van der Waals surface area (Å²) < 4.78 is 5.34. The van der Waals surface area contributed by atoms with Gasteiger partial charge in [-0.2, -0.15) is 5.10 Å². The lowest BCUT2D eigenvalue weighted by molar-refractivity contribution is 0.140. The molecule has 5 rings (SSSR count). The zero-order valence-electron chi connectivity index (χ0n) is 16.5. The van der Waals surface area contributed by atoms with Gasteiger partial charge in [0.05, 0.1) is 25.0 Å². The Balaban J connectivity index is 1.44. The van der Waals surface area contributed by atoms with Crippen LogP contribution >= 0.6 is 11.3 Å². The Labute approximate surface area is 174 Å². The maximum absolute atomic E-state index is 5.34. The third-order valence-corrected chi connectivity index (χ3v) is 6.65. The van der Waals surface area contributed by atoms with Gasteiger partial charge in [0, 0.05) is 29.2 Å². The van der Waals surface area contributed by atoms with E-state index >= 15 is 0 Å². The molecule has 0 spiro atoms. The highest BCUT2D eigenvalue weighted by Gasteiger charge is 2.27. The largest absolute Gasteiger partial charge is 0.497 e. The molecule has 0 unspecified atom stereocenters. The summed E-state index contributed by atoms with van der Waals surface area (Å²) in [5, 5.41) is 13.3. The van der Waals surface area contributed by atoms with E-state index in [4.69, 9.17) is 4.74 Å². The average molecular weight is 405 g/mol. The first-order chi connectivity index (χ1) is 14.3. The zero-order chi connectivity index (χ0) is 19.6. The number of rotatable bonds is 5. The van der Waals surface area contributed by atoms with Crippen molar-refractivity contribution < 1.29 is 4.74 Å². The number of aromatic amines is 1. The smallest absolute Gasteiger partial charge is 0.119 e. The van der Waals surface area contributed by atoms with Crippen molar-refractivity contribution in [2.75, 3.05) is 13.7 Å². The van der Waals surface area contributed by atoms with Crippen LogP contribution in [-0.4, -0.2) is 33.7 Å². The Morgan fingerprint density at radius 3 is 2.93 bits per heavy atom. The van der Waals surface area contributed by atoms with Gasteiger partial charge >= 0.3 is 0 Å². The van der Waals surface area contributed by atoms with Crippen LogP contribution < -0.4 is 4.74 Å². The fourth-order valence-corrected chi connectivity index (χ4v) is 5.07. The van der Waals surface area contributed by atoms with Crippen LogP contribution in [0.5, 0.6) is 5.75 Å².